The third-order valence-corrected chi connectivity index (χ3v) is 2.19. The Morgan fingerprint density at radius 1 is 1.67 bits per heavy atom. The van der Waals surface area contributed by atoms with Gasteiger partial charge in [-0.2, -0.15) is 0 Å². The Morgan fingerprint density at radius 3 is 2.89 bits per heavy atom. The van der Waals surface area contributed by atoms with Crippen molar-refractivity contribution in [3.63, 3.8) is 0 Å². The van der Waals surface area contributed by atoms with Crippen molar-refractivity contribution in [3.8, 4) is 0 Å². The Balaban J connectivity index is 2.90. The number of aryl methyl sites for hydroxylation is 1. The van der Waals surface area contributed by atoms with Crippen LogP contribution in [0.4, 0.5) is 11.5 Å². The topological polar surface area (TPSA) is 94.4 Å². The molecule has 0 bridgehead atoms. The van der Waals surface area contributed by atoms with Crippen LogP contribution in [-0.4, -0.2) is 28.5 Å². The van der Waals surface area contributed by atoms with Crippen molar-refractivity contribution < 1.29 is 14.5 Å². The maximum Gasteiger partial charge on any atom is 0.328 e. The lowest BCUT2D eigenvalue weighted by Gasteiger charge is -2.13. The van der Waals surface area contributed by atoms with Crippen LogP contribution in [0.1, 0.15) is 19.4 Å². The zero-order chi connectivity index (χ0) is 13.7. The minimum atomic E-state index is -0.696. The molecule has 1 aromatic heterocycles. The van der Waals surface area contributed by atoms with Gasteiger partial charge in [-0.1, -0.05) is 0 Å². The molecular formula is C11H15N3O4. The van der Waals surface area contributed by atoms with Gasteiger partial charge in [-0.05, 0) is 26.3 Å². The molecule has 18 heavy (non-hydrogen) atoms. The highest BCUT2D eigenvalue weighted by Crippen LogP contribution is 2.23. The third kappa shape index (κ3) is 3.41. The number of anilines is 1. The summed E-state index contributed by atoms with van der Waals surface area (Å²) in [5, 5.41) is 13.5. The molecule has 0 aromatic carbocycles. The summed E-state index contributed by atoms with van der Waals surface area (Å²) in [5.41, 5.74) is 0.516. The Hall–Kier alpha value is -2.18. The lowest BCUT2D eigenvalue weighted by molar-refractivity contribution is -0.384. The van der Waals surface area contributed by atoms with Crippen molar-refractivity contribution >= 4 is 17.5 Å². The first kappa shape index (κ1) is 13.9. The van der Waals surface area contributed by atoms with Gasteiger partial charge in [0, 0.05) is 12.3 Å². The fraction of sp³-hybridized carbons (Fsp3) is 0.455. The van der Waals surface area contributed by atoms with E-state index in [0.29, 0.717) is 5.56 Å². The van der Waals surface area contributed by atoms with E-state index in [1.165, 1.54) is 12.3 Å². The normalized spacial score (nSPS) is 11.7. The molecule has 98 valence electrons. The zero-order valence-corrected chi connectivity index (χ0v) is 10.5. The van der Waals surface area contributed by atoms with Crippen molar-refractivity contribution in [1.82, 2.24) is 4.98 Å². The molecule has 0 aliphatic heterocycles. The van der Waals surface area contributed by atoms with Gasteiger partial charge in [0.2, 0.25) is 5.82 Å². The molecule has 0 saturated carbocycles. The van der Waals surface area contributed by atoms with Gasteiger partial charge in [0.15, 0.2) is 0 Å². The van der Waals surface area contributed by atoms with Crippen molar-refractivity contribution in [2.45, 2.75) is 26.8 Å². The lowest BCUT2D eigenvalue weighted by Crippen LogP contribution is -2.28. The van der Waals surface area contributed by atoms with Crippen LogP contribution in [-0.2, 0) is 9.53 Å². The second kappa shape index (κ2) is 5.95. The molecular weight excluding hydrogens is 238 g/mol. The molecule has 7 nitrogen and oxygen atoms in total. The number of nitro groups is 1. The minimum absolute atomic E-state index is 0.0613. The van der Waals surface area contributed by atoms with Crippen LogP contribution in [0.5, 0.6) is 0 Å². The van der Waals surface area contributed by atoms with Crippen LogP contribution in [0, 0.1) is 17.0 Å². The molecule has 0 amide bonds. The number of nitrogens with one attached hydrogen (secondary N) is 1. The number of hydrogen-bond acceptors (Lipinski definition) is 6. The fourth-order valence-corrected chi connectivity index (χ4v) is 1.34. The van der Waals surface area contributed by atoms with E-state index >= 15 is 0 Å². The standard InChI is InChI=1S/C11H15N3O4/c1-4-18-11(15)8(3)13-10-9(14(16)17)5-7(2)6-12-10/h5-6,8H,4H2,1-3H3,(H,12,13). The predicted molar refractivity (Wildman–Crippen MR) is 65.3 cm³/mol. The molecule has 1 heterocycles. The highest BCUT2D eigenvalue weighted by Gasteiger charge is 2.21. The van der Waals surface area contributed by atoms with Crippen molar-refractivity contribution in [3.05, 3.63) is 27.9 Å². The third-order valence-electron chi connectivity index (χ3n) is 2.19. The maximum atomic E-state index is 11.4. The van der Waals surface area contributed by atoms with Gasteiger partial charge in [-0.25, -0.2) is 9.78 Å². The molecule has 0 fully saturated rings. The Bertz CT molecular complexity index is 462. The summed E-state index contributed by atoms with van der Waals surface area (Å²) in [6.07, 6.45) is 1.49. The molecule has 1 atom stereocenters. The van der Waals surface area contributed by atoms with E-state index in [2.05, 4.69) is 10.3 Å². The van der Waals surface area contributed by atoms with Crippen LogP contribution in [0.25, 0.3) is 0 Å². The van der Waals surface area contributed by atoms with Gasteiger partial charge < -0.3 is 10.1 Å². The molecule has 0 saturated heterocycles. The minimum Gasteiger partial charge on any atom is -0.464 e. The Morgan fingerprint density at radius 2 is 2.33 bits per heavy atom. The van der Waals surface area contributed by atoms with Crippen molar-refractivity contribution in [1.29, 1.82) is 0 Å². The first-order valence-corrected chi connectivity index (χ1v) is 5.50. The van der Waals surface area contributed by atoms with E-state index in [-0.39, 0.29) is 18.1 Å². The number of ether oxygens (including phenoxy) is 1. The van der Waals surface area contributed by atoms with Gasteiger partial charge in [0.1, 0.15) is 6.04 Å². The van der Waals surface area contributed by atoms with Crippen LogP contribution >= 0.6 is 0 Å². The number of nitrogens with zero attached hydrogens (tertiary/aromatic N) is 2. The van der Waals surface area contributed by atoms with Crippen LogP contribution < -0.4 is 5.32 Å². The van der Waals surface area contributed by atoms with E-state index in [1.54, 1.807) is 20.8 Å². The van der Waals surface area contributed by atoms with Gasteiger partial charge >= 0.3 is 11.7 Å². The average Bonchev–Trinajstić information content (AvgIpc) is 2.31. The van der Waals surface area contributed by atoms with Crippen molar-refractivity contribution in [2.75, 3.05) is 11.9 Å². The molecule has 7 heteroatoms. The highest BCUT2D eigenvalue weighted by atomic mass is 16.6. The first-order valence-electron chi connectivity index (χ1n) is 5.50. The predicted octanol–water partition coefficient (Wildman–Crippen LogP) is 1.66. The number of carbonyl (C=O) groups excluding carboxylic acids is 1. The lowest BCUT2D eigenvalue weighted by atomic mass is 10.2. The smallest absolute Gasteiger partial charge is 0.328 e. The molecule has 1 unspecified atom stereocenters. The summed E-state index contributed by atoms with van der Waals surface area (Å²) in [4.78, 5) is 25.7. The summed E-state index contributed by atoms with van der Waals surface area (Å²) in [5.74, 6) is -0.416. The summed E-state index contributed by atoms with van der Waals surface area (Å²) in [6, 6.07) is 0.701. The second-order valence-corrected chi connectivity index (χ2v) is 3.76. The molecule has 1 N–H and O–H groups in total. The Kier molecular flexibility index (Phi) is 4.59. The summed E-state index contributed by atoms with van der Waals surface area (Å²) in [7, 11) is 0. The fourth-order valence-electron chi connectivity index (χ4n) is 1.34. The molecule has 0 spiro atoms. The molecule has 1 rings (SSSR count). The number of carbonyl (C=O) groups is 1. The van der Waals surface area contributed by atoms with Crippen LogP contribution in [0.15, 0.2) is 12.3 Å². The van der Waals surface area contributed by atoms with E-state index in [1.807, 2.05) is 0 Å². The van der Waals surface area contributed by atoms with E-state index in [9.17, 15) is 14.9 Å². The summed E-state index contributed by atoms with van der Waals surface area (Å²) >= 11 is 0. The highest BCUT2D eigenvalue weighted by molar-refractivity contribution is 5.79. The second-order valence-electron chi connectivity index (χ2n) is 3.76. The number of pyridine rings is 1. The van der Waals surface area contributed by atoms with E-state index in [0.717, 1.165) is 0 Å². The van der Waals surface area contributed by atoms with Gasteiger partial charge in [0.05, 0.1) is 11.5 Å². The number of aromatic nitrogens is 1. The quantitative estimate of drug-likeness (QED) is 0.487. The van der Waals surface area contributed by atoms with Crippen LogP contribution in [0.3, 0.4) is 0 Å². The molecule has 0 aliphatic carbocycles. The molecule has 1 aromatic rings. The summed E-state index contributed by atoms with van der Waals surface area (Å²) < 4.78 is 4.80. The molecule has 0 aliphatic rings. The van der Waals surface area contributed by atoms with E-state index < -0.39 is 16.9 Å². The molecule has 0 radical (unpaired) electrons. The van der Waals surface area contributed by atoms with Crippen LogP contribution in [0.2, 0.25) is 0 Å². The van der Waals surface area contributed by atoms with Gasteiger partial charge in [-0.3, -0.25) is 10.1 Å². The Labute approximate surface area is 104 Å². The number of hydrogen-bond donors (Lipinski definition) is 1. The average molecular weight is 253 g/mol. The first-order chi connectivity index (χ1) is 8.45. The van der Waals surface area contributed by atoms with Gasteiger partial charge in [0.25, 0.3) is 0 Å². The summed E-state index contributed by atoms with van der Waals surface area (Å²) in [6.45, 7) is 5.22. The van der Waals surface area contributed by atoms with E-state index in [4.69, 9.17) is 4.74 Å². The number of esters is 1. The number of rotatable bonds is 5. The maximum absolute atomic E-state index is 11.4. The monoisotopic (exact) mass is 253 g/mol. The zero-order valence-electron chi connectivity index (χ0n) is 10.5. The van der Waals surface area contributed by atoms with Gasteiger partial charge in [-0.15, -0.1) is 0 Å². The largest absolute Gasteiger partial charge is 0.464 e. The SMILES string of the molecule is CCOC(=O)C(C)Nc1ncc(C)cc1[N+](=O)[O-]. The van der Waals surface area contributed by atoms with Crippen molar-refractivity contribution in [2.24, 2.45) is 0 Å².